The smallest absolute Gasteiger partial charge is 0.184 e. The Morgan fingerprint density at radius 1 is 1.59 bits per heavy atom. The molecule has 0 radical (unpaired) electrons. The minimum Gasteiger partial charge on any atom is -0.485 e. The summed E-state index contributed by atoms with van der Waals surface area (Å²) in [6.45, 7) is 3.70. The van der Waals surface area contributed by atoms with Crippen molar-refractivity contribution in [1.82, 2.24) is 5.43 Å². The molecule has 0 aliphatic carbocycles. The van der Waals surface area contributed by atoms with E-state index in [4.69, 9.17) is 22.1 Å². The van der Waals surface area contributed by atoms with Crippen LogP contribution < -0.4 is 15.9 Å². The molecular weight excluding hydrogens is 258 g/mol. The summed E-state index contributed by atoms with van der Waals surface area (Å²) in [6, 6.07) is 7.18. The molecule has 0 amide bonds. The van der Waals surface area contributed by atoms with E-state index >= 15 is 0 Å². The summed E-state index contributed by atoms with van der Waals surface area (Å²) >= 11 is 10.5. The van der Waals surface area contributed by atoms with Crippen LogP contribution in [0.4, 0.5) is 0 Å². The van der Waals surface area contributed by atoms with E-state index in [1.54, 1.807) is 12.1 Å². The van der Waals surface area contributed by atoms with Crippen LogP contribution >= 0.6 is 23.8 Å². The third-order valence-corrected chi connectivity index (χ3v) is 2.37. The highest BCUT2D eigenvalue weighted by Crippen LogP contribution is 2.18. The number of nitrogens with one attached hydrogen (secondary N) is 1. The van der Waals surface area contributed by atoms with Crippen LogP contribution in [-0.2, 0) is 0 Å². The van der Waals surface area contributed by atoms with Crippen LogP contribution in [0.15, 0.2) is 29.4 Å². The highest BCUT2D eigenvalue weighted by molar-refractivity contribution is 7.80. The zero-order chi connectivity index (χ0) is 12.8. The Labute approximate surface area is 111 Å². The fraction of sp³-hybridized carbons (Fsp3) is 0.273. The number of ether oxygens (including phenoxy) is 1. The Kier molecular flexibility index (Phi) is 5.18. The molecule has 4 nitrogen and oxygen atoms in total. The van der Waals surface area contributed by atoms with Crippen molar-refractivity contribution < 1.29 is 4.74 Å². The van der Waals surface area contributed by atoms with Gasteiger partial charge < -0.3 is 10.5 Å². The summed E-state index contributed by atoms with van der Waals surface area (Å²) in [7, 11) is 0. The number of benzene rings is 1. The molecule has 0 saturated heterocycles. The van der Waals surface area contributed by atoms with Gasteiger partial charge in [0.05, 0.1) is 5.71 Å². The van der Waals surface area contributed by atoms with Crippen molar-refractivity contribution in [3.8, 4) is 5.75 Å². The molecule has 0 spiro atoms. The van der Waals surface area contributed by atoms with E-state index in [-0.39, 0.29) is 11.2 Å². The predicted octanol–water partition coefficient (Wildman–Crippen LogP) is 2.32. The van der Waals surface area contributed by atoms with E-state index in [1.807, 2.05) is 26.0 Å². The summed E-state index contributed by atoms with van der Waals surface area (Å²) < 4.78 is 5.65. The Morgan fingerprint density at radius 2 is 2.29 bits per heavy atom. The van der Waals surface area contributed by atoms with E-state index in [2.05, 4.69) is 22.7 Å². The molecule has 0 aliphatic heterocycles. The fourth-order valence-corrected chi connectivity index (χ4v) is 1.29. The average Bonchev–Trinajstić information content (AvgIpc) is 2.25. The lowest BCUT2D eigenvalue weighted by Crippen LogP contribution is -2.29. The van der Waals surface area contributed by atoms with Gasteiger partial charge in [0, 0.05) is 5.02 Å². The predicted molar refractivity (Wildman–Crippen MR) is 74.6 cm³/mol. The second-order valence-corrected chi connectivity index (χ2v) is 4.32. The quantitative estimate of drug-likeness (QED) is 0.501. The first kappa shape index (κ1) is 13.7. The average molecular weight is 272 g/mol. The standard InChI is InChI=1S/C11H14ClN3OS/c1-7(14-15-11(13)17)8(2)16-10-5-3-4-9(12)6-10/h3-6,8H,1-2H3,(H3,13,15,17)/b14-7+. The summed E-state index contributed by atoms with van der Waals surface area (Å²) in [5.41, 5.74) is 8.52. The van der Waals surface area contributed by atoms with Crippen LogP contribution in [0.25, 0.3) is 0 Å². The van der Waals surface area contributed by atoms with Crippen LogP contribution in [0.5, 0.6) is 5.75 Å². The number of rotatable bonds is 4. The summed E-state index contributed by atoms with van der Waals surface area (Å²) in [5, 5.41) is 4.74. The van der Waals surface area contributed by atoms with Gasteiger partial charge in [-0.2, -0.15) is 5.10 Å². The minimum absolute atomic E-state index is 0.124. The molecule has 0 aliphatic rings. The van der Waals surface area contributed by atoms with Gasteiger partial charge >= 0.3 is 0 Å². The molecule has 0 fully saturated rings. The third-order valence-electron chi connectivity index (χ3n) is 2.04. The molecule has 1 aromatic carbocycles. The maximum Gasteiger partial charge on any atom is 0.184 e. The third kappa shape index (κ3) is 5.01. The van der Waals surface area contributed by atoms with E-state index in [0.717, 1.165) is 5.71 Å². The molecule has 0 bridgehead atoms. The van der Waals surface area contributed by atoms with Crippen LogP contribution in [-0.4, -0.2) is 16.9 Å². The van der Waals surface area contributed by atoms with E-state index in [1.165, 1.54) is 0 Å². The highest BCUT2D eigenvalue weighted by Gasteiger charge is 2.08. The molecule has 17 heavy (non-hydrogen) atoms. The van der Waals surface area contributed by atoms with Crippen molar-refractivity contribution in [2.75, 3.05) is 0 Å². The van der Waals surface area contributed by atoms with Gasteiger partial charge in [-0.05, 0) is 44.3 Å². The number of nitrogens with two attached hydrogens (primary N) is 1. The second kappa shape index (κ2) is 6.42. The highest BCUT2D eigenvalue weighted by atomic mass is 35.5. The van der Waals surface area contributed by atoms with Crippen molar-refractivity contribution >= 4 is 34.6 Å². The van der Waals surface area contributed by atoms with Gasteiger partial charge in [0.25, 0.3) is 0 Å². The Hall–Kier alpha value is -1.33. The number of hydrogen-bond donors (Lipinski definition) is 2. The zero-order valence-corrected chi connectivity index (χ0v) is 11.2. The van der Waals surface area contributed by atoms with Gasteiger partial charge in [-0.1, -0.05) is 17.7 Å². The molecule has 1 rings (SSSR count). The molecule has 1 atom stereocenters. The molecule has 0 aromatic heterocycles. The normalized spacial score (nSPS) is 13.0. The SMILES string of the molecule is C/C(=N\NC(N)=S)C(C)Oc1cccc(Cl)c1. The van der Waals surface area contributed by atoms with Crippen LogP contribution in [0.2, 0.25) is 5.02 Å². The van der Waals surface area contributed by atoms with Crippen molar-refractivity contribution in [2.24, 2.45) is 10.8 Å². The van der Waals surface area contributed by atoms with Gasteiger partial charge in [-0.3, -0.25) is 5.43 Å². The Bertz CT molecular complexity index is 436. The van der Waals surface area contributed by atoms with Crippen molar-refractivity contribution in [3.05, 3.63) is 29.3 Å². The second-order valence-electron chi connectivity index (χ2n) is 3.45. The van der Waals surface area contributed by atoms with Crippen LogP contribution in [0, 0.1) is 0 Å². The molecule has 0 saturated carbocycles. The lowest BCUT2D eigenvalue weighted by atomic mass is 10.2. The molecule has 92 valence electrons. The van der Waals surface area contributed by atoms with E-state index in [0.29, 0.717) is 10.8 Å². The summed E-state index contributed by atoms with van der Waals surface area (Å²) in [5.74, 6) is 0.690. The monoisotopic (exact) mass is 271 g/mol. The Morgan fingerprint density at radius 3 is 2.88 bits per heavy atom. The van der Waals surface area contributed by atoms with Gasteiger partial charge in [-0.25, -0.2) is 0 Å². The molecular formula is C11H14ClN3OS. The summed E-state index contributed by atoms with van der Waals surface area (Å²) in [4.78, 5) is 0. The minimum atomic E-state index is -0.199. The first-order chi connectivity index (χ1) is 7.99. The number of halogens is 1. The van der Waals surface area contributed by atoms with Gasteiger partial charge in [0.2, 0.25) is 0 Å². The number of nitrogens with zero attached hydrogens (tertiary/aromatic N) is 1. The van der Waals surface area contributed by atoms with Crippen LogP contribution in [0.3, 0.4) is 0 Å². The van der Waals surface area contributed by atoms with E-state index < -0.39 is 0 Å². The number of thiocarbonyl (C=S) groups is 1. The molecule has 0 heterocycles. The first-order valence-electron chi connectivity index (χ1n) is 5.01. The largest absolute Gasteiger partial charge is 0.485 e. The van der Waals surface area contributed by atoms with Crippen molar-refractivity contribution in [2.45, 2.75) is 20.0 Å². The zero-order valence-electron chi connectivity index (χ0n) is 9.61. The molecule has 6 heteroatoms. The molecule has 1 aromatic rings. The van der Waals surface area contributed by atoms with Gasteiger partial charge in [0.1, 0.15) is 11.9 Å². The lowest BCUT2D eigenvalue weighted by Gasteiger charge is -2.14. The van der Waals surface area contributed by atoms with Crippen molar-refractivity contribution in [1.29, 1.82) is 0 Å². The lowest BCUT2D eigenvalue weighted by molar-refractivity contribution is 0.286. The fourth-order valence-electron chi connectivity index (χ4n) is 1.06. The molecule has 3 N–H and O–H groups in total. The first-order valence-corrected chi connectivity index (χ1v) is 5.79. The van der Waals surface area contributed by atoms with Crippen molar-refractivity contribution in [3.63, 3.8) is 0 Å². The van der Waals surface area contributed by atoms with Gasteiger partial charge in [-0.15, -0.1) is 0 Å². The number of hydrogen-bond acceptors (Lipinski definition) is 3. The maximum absolute atomic E-state index is 5.85. The van der Waals surface area contributed by atoms with Gasteiger partial charge in [0.15, 0.2) is 5.11 Å². The van der Waals surface area contributed by atoms with Crippen LogP contribution in [0.1, 0.15) is 13.8 Å². The maximum atomic E-state index is 5.85. The van der Waals surface area contributed by atoms with E-state index in [9.17, 15) is 0 Å². The molecule has 1 unspecified atom stereocenters. The topological polar surface area (TPSA) is 59.6 Å². The number of hydrazone groups is 1. The summed E-state index contributed by atoms with van der Waals surface area (Å²) in [6.07, 6.45) is -0.199. The Balaban J connectivity index is 2.62.